The van der Waals surface area contributed by atoms with E-state index in [0.717, 1.165) is 17.7 Å². The summed E-state index contributed by atoms with van der Waals surface area (Å²) in [5.74, 6) is -0.323. The second kappa shape index (κ2) is 7.85. The van der Waals surface area contributed by atoms with Crippen LogP contribution in [-0.2, 0) is 4.74 Å². The molecule has 1 atom stereocenters. The topological polar surface area (TPSA) is 50.4 Å². The van der Waals surface area contributed by atoms with Crippen molar-refractivity contribution in [3.63, 3.8) is 0 Å². The molecule has 20 heavy (non-hydrogen) atoms. The Morgan fingerprint density at radius 1 is 1.40 bits per heavy atom. The zero-order chi connectivity index (χ0) is 15.1. The molecular formula is C15H22N2O2S. The normalized spacial score (nSPS) is 11.6. The van der Waals surface area contributed by atoms with Crippen molar-refractivity contribution >= 4 is 29.0 Å². The van der Waals surface area contributed by atoms with Crippen LogP contribution in [0, 0.1) is 6.92 Å². The van der Waals surface area contributed by atoms with Crippen molar-refractivity contribution in [1.29, 1.82) is 0 Å². The SMILES string of the molecule is CCOC(=O)c1ccc(C)c(NC(=S)N[C@@H](C)CC)c1. The number of hydrogen-bond acceptors (Lipinski definition) is 3. The van der Waals surface area contributed by atoms with Crippen LogP contribution < -0.4 is 10.6 Å². The van der Waals surface area contributed by atoms with Gasteiger partial charge in [-0.15, -0.1) is 0 Å². The van der Waals surface area contributed by atoms with Crippen molar-refractivity contribution < 1.29 is 9.53 Å². The lowest BCUT2D eigenvalue weighted by Gasteiger charge is -2.17. The maximum Gasteiger partial charge on any atom is 0.338 e. The fraction of sp³-hybridized carbons (Fsp3) is 0.467. The van der Waals surface area contributed by atoms with Gasteiger partial charge in [0.25, 0.3) is 0 Å². The molecule has 5 heteroatoms. The minimum Gasteiger partial charge on any atom is -0.462 e. The van der Waals surface area contributed by atoms with Crippen molar-refractivity contribution in [2.75, 3.05) is 11.9 Å². The Labute approximate surface area is 125 Å². The van der Waals surface area contributed by atoms with E-state index in [0.29, 0.717) is 23.3 Å². The Bertz CT molecular complexity index is 489. The van der Waals surface area contributed by atoms with Crippen LogP contribution in [0.4, 0.5) is 5.69 Å². The molecular weight excluding hydrogens is 272 g/mol. The van der Waals surface area contributed by atoms with Crippen LogP contribution in [0.2, 0.25) is 0 Å². The third-order valence-electron chi connectivity index (χ3n) is 2.99. The molecule has 0 spiro atoms. The number of carbonyl (C=O) groups is 1. The van der Waals surface area contributed by atoms with Gasteiger partial charge < -0.3 is 15.4 Å². The number of hydrogen-bond donors (Lipinski definition) is 2. The number of benzene rings is 1. The molecule has 0 aliphatic carbocycles. The summed E-state index contributed by atoms with van der Waals surface area (Å²) in [6.45, 7) is 8.27. The van der Waals surface area contributed by atoms with Crippen molar-refractivity contribution in [3.8, 4) is 0 Å². The van der Waals surface area contributed by atoms with Gasteiger partial charge in [0.2, 0.25) is 0 Å². The molecule has 1 aromatic rings. The molecule has 0 saturated heterocycles. The number of aryl methyl sites for hydroxylation is 1. The predicted octanol–water partition coefficient (Wildman–Crippen LogP) is 3.26. The lowest BCUT2D eigenvalue weighted by atomic mass is 10.1. The maximum atomic E-state index is 11.7. The van der Waals surface area contributed by atoms with Gasteiger partial charge >= 0.3 is 5.97 Å². The van der Waals surface area contributed by atoms with Crippen molar-refractivity contribution in [3.05, 3.63) is 29.3 Å². The fourth-order valence-electron chi connectivity index (χ4n) is 1.58. The third kappa shape index (κ3) is 4.81. The van der Waals surface area contributed by atoms with Gasteiger partial charge in [-0.05, 0) is 57.1 Å². The number of thiocarbonyl (C=S) groups is 1. The molecule has 0 fully saturated rings. The fourth-order valence-corrected chi connectivity index (χ4v) is 1.89. The van der Waals surface area contributed by atoms with E-state index in [1.807, 2.05) is 13.0 Å². The van der Waals surface area contributed by atoms with Crippen LogP contribution in [0.25, 0.3) is 0 Å². The van der Waals surface area contributed by atoms with E-state index in [-0.39, 0.29) is 5.97 Å². The number of carbonyl (C=O) groups excluding carboxylic acids is 1. The third-order valence-corrected chi connectivity index (χ3v) is 3.21. The van der Waals surface area contributed by atoms with Crippen molar-refractivity contribution in [2.45, 2.75) is 40.2 Å². The van der Waals surface area contributed by atoms with E-state index >= 15 is 0 Å². The van der Waals surface area contributed by atoms with Gasteiger partial charge in [-0.3, -0.25) is 0 Å². The predicted molar refractivity (Wildman–Crippen MR) is 86.2 cm³/mol. The molecule has 2 N–H and O–H groups in total. The molecule has 4 nitrogen and oxygen atoms in total. The summed E-state index contributed by atoms with van der Waals surface area (Å²) >= 11 is 5.26. The lowest BCUT2D eigenvalue weighted by Crippen LogP contribution is -2.35. The van der Waals surface area contributed by atoms with Crippen LogP contribution in [0.15, 0.2) is 18.2 Å². The van der Waals surface area contributed by atoms with Gasteiger partial charge in [-0.25, -0.2) is 4.79 Å². The lowest BCUT2D eigenvalue weighted by molar-refractivity contribution is 0.0526. The highest BCUT2D eigenvalue weighted by atomic mass is 32.1. The summed E-state index contributed by atoms with van der Waals surface area (Å²) in [7, 11) is 0. The first-order chi connectivity index (χ1) is 9.47. The van der Waals surface area contributed by atoms with E-state index in [9.17, 15) is 4.79 Å². The molecule has 0 aliphatic rings. The van der Waals surface area contributed by atoms with E-state index < -0.39 is 0 Å². The number of esters is 1. The molecule has 1 rings (SSSR count). The Morgan fingerprint density at radius 3 is 2.70 bits per heavy atom. The summed E-state index contributed by atoms with van der Waals surface area (Å²) in [6, 6.07) is 5.70. The van der Waals surface area contributed by atoms with Crippen LogP contribution in [0.3, 0.4) is 0 Å². The average Bonchev–Trinajstić information content (AvgIpc) is 2.41. The van der Waals surface area contributed by atoms with E-state index in [2.05, 4.69) is 24.5 Å². The van der Waals surface area contributed by atoms with Gasteiger partial charge in [0.05, 0.1) is 12.2 Å². The summed E-state index contributed by atoms with van der Waals surface area (Å²) in [4.78, 5) is 11.7. The Morgan fingerprint density at radius 2 is 2.10 bits per heavy atom. The Balaban J connectivity index is 2.81. The minimum atomic E-state index is -0.323. The number of rotatable bonds is 5. The minimum absolute atomic E-state index is 0.309. The molecule has 0 aliphatic heterocycles. The highest BCUT2D eigenvalue weighted by Gasteiger charge is 2.10. The first-order valence-corrected chi connectivity index (χ1v) is 7.24. The van der Waals surface area contributed by atoms with E-state index in [1.54, 1.807) is 19.1 Å². The molecule has 1 aromatic carbocycles. The smallest absolute Gasteiger partial charge is 0.338 e. The van der Waals surface area contributed by atoms with E-state index in [4.69, 9.17) is 17.0 Å². The maximum absolute atomic E-state index is 11.7. The largest absolute Gasteiger partial charge is 0.462 e. The monoisotopic (exact) mass is 294 g/mol. The summed E-state index contributed by atoms with van der Waals surface area (Å²) in [5.41, 5.74) is 2.36. The average molecular weight is 294 g/mol. The van der Waals surface area contributed by atoms with Gasteiger partial charge in [0.15, 0.2) is 5.11 Å². The second-order valence-corrected chi connectivity index (χ2v) is 5.07. The van der Waals surface area contributed by atoms with Gasteiger partial charge in [0, 0.05) is 11.7 Å². The van der Waals surface area contributed by atoms with Crippen LogP contribution >= 0.6 is 12.2 Å². The highest BCUT2D eigenvalue weighted by Crippen LogP contribution is 2.17. The zero-order valence-corrected chi connectivity index (χ0v) is 13.3. The number of anilines is 1. The molecule has 0 saturated carbocycles. The van der Waals surface area contributed by atoms with Gasteiger partial charge in [0.1, 0.15) is 0 Å². The molecule has 110 valence electrons. The molecule has 0 amide bonds. The summed E-state index contributed by atoms with van der Waals surface area (Å²) in [6.07, 6.45) is 0.990. The molecule has 0 radical (unpaired) electrons. The first kappa shape index (κ1) is 16.4. The van der Waals surface area contributed by atoms with Gasteiger partial charge in [-0.2, -0.15) is 0 Å². The first-order valence-electron chi connectivity index (χ1n) is 6.83. The molecule has 0 bridgehead atoms. The summed E-state index contributed by atoms with van der Waals surface area (Å²) in [5, 5.41) is 6.87. The van der Waals surface area contributed by atoms with Crippen LogP contribution in [0.5, 0.6) is 0 Å². The van der Waals surface area contributed by atoms with Crippen LogP contribution in [-0.4, -0.2) is 23.7 Å². The summed E-state index contributed by atoms with van der Waals surface area (Å²) < 4.78 is 4.99. The van der Waals surface area contributed by atoms with Crippen molar-refractivity contribution in [1.82, 2.24) is 5.32 Å². The molecule has 0 heterocycles. The zero-order valence-electron chi connectivity index (χ0n) is 12.4. The van der Waals surface area contributed by atoms with Crippen LogP contribution in [0.1, 0.15) is 43.1 Å². The number of nitrogens with one attached hydrogen (secondary N) is 2. The van der Waals surface area contributed by atoms with E-state index in [1.165, 1.54) is 0 Å². The highest BCUT2D eigenvalue weighted by molar-refractivity contribution is 7.80. The Kier molecular flexibility index (Phi) is 6.45. The Hall–Kier alpha value is -1.62. The molecule has 0 unspecified atom stereocenters. The van der Waals surface area contributed by atoms with Gasteiger partial charge in [-0.1, -0.05) is 13.0 Å². The number of ether oxygens (including phenoxy) is 1. The van der Waals surface area contributed by atoms with Crippen molar-refractivity contribution in [2.24, 2.45) is 0 Å². The second-order valence-electron chi connectivity index (χ2n) is 4.66. The molecule has 0 aromatic heterocycles. The quantitative estimate of drug-likeness (QED) is 0.645. The standard InChI is InChI=1S/C15H22N2O2S/c1-5-11(4)16-15(20)17-13-9-12(8-7-10(13)3)14(18)19-6-2/h7-9,11H,5-6H2,1-4H3,(H2,16,17,20)/t11-/m0/s1.